The largest absolute Gasteiger partial charge is 0.507 e. The van der Waals surface area contributed by atoms with Crippen LogP contribution in [0.1, 0.15) is 104 Å². The molecular formula is C36H44N2O4. The van der Waals surface area contributed by atoms with Gasteiger partial charge in [-0.05, 0) is 70.6 Å². The molecule has 2 fully saturated rings. The summed E-state index contributed by atoms with van der Waals surface area (Å²) < 4.78 is 0. The minimum Gasteiger partial charge on any atom is -0.507 e. The summed E-state index contributed by atoms with van der Waals surface area (Å²) >= 11 is 0. The van der Waals surface area contributed by atoms with Gasteiger partial charge in [0.15, 0.2) is 17.3 Å². The molecule has 1 aromatic carbocycles. The van der Waals surface area contributed by atoms with Crippen molar-refractivity contribution in [3.05, 3.63) is 56.8 Å². The number of ketones is 3. The van der Waals surface area contributed by atoms with Crippen LogP contribution in [0.3, 0.4) is 0 Å². The maximum Gasteiger partial charge on any atom is 0.192 e. The molecule has 4 aliphatic heterocycles. The Hall–Kier alpha value is -3.15. The van der Waals surface area contributed by atoms with Gasteiger partial charge in [-0.2, -0.15) is 0 Å². The van der Waals surface area contributed by atoms with E-state index in [1.54, 1.807) is 0 Å². The molecule has 0 spiro atoms. The van der Waals surface area contributed by atoms with Crippen molar-refractivity contribution in [2.24, 2.45) is 10.8 Å². The second-order valence-electron chi connectivity index (χ2n) is 16.2. The van der Waals surface area contributed by atoms with E-state index in [-0.39, 0.29) is 55.9 Å². The van der Waals surface area contributed by atoms with Crippen molar-refractivity contribution >= 4 is 23.0 Å². The highest BCUT2D eigenvalue weighted by atomic mass is 16.3. The van der Waals surface area contributed by atoms with Crippen molar-refractivity contribution in [1.29, 1.82) is 0 Å². The molecule has 0 aromatic heterocycles. The van der Waals surface area contributed by atoms with Crippen molar-refractivity contribution in [2.45, 2.75) is 97.8 Å². The van der Waals surface area contributed by atoms with E-state index >= 15 is 0 Å². The summed E-state index contributed by atoms with van der Waals surface area (Å²) in [5, 5.41) is 11.8. The number of anilines is 1. The summed E-state index contributed by atoms with van der Waals surface area (Å²) in [6.45, 7) is 21.0. The van der Waals surface area contributed by atoms with E-state index in [0.29, 0.717) is 5.56 Å². The predicted molar refractivity (Wildman–Crippen MR) is 164 cm³/mol. The number of Topliss-reactive ketones (excluding diaryl/α,β-unsaturated/α-hetero) is 3. The number of carbonyl (C=O) groups is 3. The van der Waals surface area contributed by atoms with E-state index in [9.17, 15) is 19.5 Å². The zero-order valence-electron chi connectivity index (χ0n) is 26.5. The SMILES string of the molecule is CC1(C)CCN2CCC(C)(C)C3=C2C1=CC(=C1C(=O)C(c2cc4c5c(c2O)C(C)(C)CCN5CCC4(C)C)C1=O)C3=O. The van der Waals surface area contributed by atoms with Crippen LogP contribution < -0.4 is 4.90 Å². The zero-order chi connectivity index (χ0) is 30.3. The van der Waals surface area contributed by atoms with E-state index in [1.165, 1.54) is 0 Å². The molecule has 6 aliphatic rings. The monoisotopic (exact) mass is 568 g/mol. The molecule has 1 aromatic rings. The fourth-order valence-electron chi connectivity index (χ4n) is 8.55. The van der Waals surface area contributed by atoms with Crippen molar-refractivity contribution in [3.8, 4) is 5.75 Å². The van der Waals surface area contributed by atoms with Crippen LogP contribution in [-0.4, -0.2) is 53.5 Å². The lowest BCUT2D eigenvalue weighted by atomic mass is 9.61. The van der Waals surface area contributed by atoms with Crippen LogP contribution in [0.2, 0.25) is 0 Å². The van der Waals surface area contributed by atoms with E-state index in [4.69, 9.17) is 0 Å². The summed E-state index contributed by atoms with van der Waals surface area (Å²) in [4.78, 5) is 47.1. The number of benzene rings is 1. The molecule has 1 saturated heterocycles. The molecule has 4 heterocycles. The number of rotatable bonds is 1. The number of allylic oxidation sites excluding steroid dienone is 5. The highest BCUT2D eigenvalue weighted by molar-refractivity contribution is 6.45. The molecule has 0 bridgehead atoms. The van der Waals surface area contributed by atoms with Gasteiger partial charge >= 0.3 is 0 Å². The molecule has 2 aliphatic carbocycles. The summed E-state index contributed by atoms with van der Waals surface area (Å²) in [5.41, 5.74) is 5.59. The summed E-state index contributed by atoms with van der Waals surface area (Å²) in [6, 6.07) is 1.93. The first kappa shape index (κ1) is 27.7. The zero-order valence-corrected chi connectivity index (χ0v) is 26.5. The van der Waals surface area contributed by atoms with Gasteiger partial charge in [0, 0.05) is 59.8 Å². The van der Waals surface area contributed by atoms with Gasteiger partial charge in [0.05, 0.1) is 5.57 Å². The molecule has 1 saturated carbocycles. The number of phenolic OH excluding ortho intramolecular Hbond substituents is 1. The summed E-state index contributed by atoms with van der Waals surface area (Å²) in [6.07, 6.45) is 5.52. The van der Waals surface area contributed by atoms with Gasteiger partial charge in [0.1, 0.15) is 11.7 Å². The second kappa shape index (κ2) is 8.27. The standard InChI is InChI=1S/C36H44N2O4/c1-33(2)9-13-37-15-11-35(5,6)25-27(37)21(33)17-19(29(25)39)23-31(41)24(32(23)42)20-18-22-28-26(30(20)40)36(7,8)12-16-38(28)14-10-34(22,3)4/h17-18,23,39H,9-16H2,1-8H3. The normalized spacial score (nSPS) is 28.3. The Morgan fingerprint density at radius 3 is 1.93 bits per heavy atom. The topological polar surface area (TPSA) is 77.9 Å². The van der Waals surface area contributed by atoms with Crippen LogP contribution in [0, 0.1) is 10.8 Å². The summed E-state index contributed by atoms with van der Waals surface area (Å²) in [5.74, 6) is -1.86. The lowest BCUT2D eigenvalue weighted by Gasteiger charge is -2.51. The Balaban J connectivity index is 1.38. The number of carbonyl (C=O) groups excluding carboxylic acids is 3. The molecule has 6 nitrogen and oxygen atoms in total. The van der Waals surface area contributed by atoms with Crippen LogP contribution in [0.4, 0.5) is 5.69 Å². The van der Waals surface area contributed by atoms with Gasteiger partial charge in [-0.1, -0.05) is 55.4 Å². The maximum absolute atomic E-state index is 14.2. The highest BCUT2D eigenvalue weighted by Crippen LogP contribution is 2.57. The molecule has 0 amide bonds. The first-order chi connectivity index (χ1) is 19.5. The third-order valence-electron chi connectivity index (χ3n) is 11.6. The average Bonchev–Trinajstić information content (AvgIpc) is 2.88. The third-order valence-corrected chi connectivity index (χ3v) is 11.6. The Morgan fingerprint density at radius 2 is 1.29 bits per heavy atom. The fraction of sp³-hybridized carbons (Fsp3) is 0.583. The molecular weight excluding hydrogens is 524 g/mol. The first-order valence-corrected chi connectivity index (χ1v) is 15.7. The number of phenols is 1. The molecule has 7 rings (SSSR count). The van der Waals surface area contributed by atoms with Crippen LogP contribution in [-0.2, 0) is 25.2 Å². The molecule has 0 unspecified atom stereocenters. The van der Waals surface area contributed by atoms with Gasteiger partial charge in [0.25, 0.3) is 0 Å². The molecule has 222 valence electrons. The Bertz CT molecular complexity index is 1590. The fourth-order valence-corrected chi connectivity index (χ4v) is 8.55. The van der Waals surface area contributed by atoms with Crippen LogP contribution in [0.15, 0.2) is 40.1 Å². The lowest BCUT2D eigenvalue weighted by molar-refractivity contribution is -0.133. The van der Waals surface area contributed by atoms with Gasteiger partial charge in [-0.15, -0.1) is 0 Å². The average molecular weight is 569 g/mol. The lowest BCUT2D eigenvalue weighted by Crippen LogP contribution is -2.49. The van der Waals surface area contributed by atoms with Gasteiger partial charge < -0.3 is 14.9 Å². The van der Waals surface area contributed by atoms with E-state index in [0.717, 1.165) is 85.5 Å². The molecule has 0 atom stereocenters. The number of piperidine rings is 1. The Labute approximate surface area is 249 Å². The van der Waals surface area contributed by atoms with Crippen molar-refractivity contribution in [3.63, 3.8) is 0 Å². The van der Waals surface area contributed by atoms with Crippen LogP contribution in [0.25, 0.3) is 0 Å². The van der Waals surface area contributed by atoms with Gasteiger partial charge in [0.2, 0.25) is 0 Å². The second-order valence-corrected chi connectivity index (χ2v) is 16.2. The Morgan fingerprint density at radius 1 is 0.738 bits per heavy atom. The van der Waals surface area contributed by atoms with E-state index in [2.05, 4.69) is 65.2 Å². The Kier molecular flexibility index (Phi) is 5.45. The van der Waals surface area contributed by atoms with Crippen LogP contribution >= 0.6 is 0 Å². The first-order valence-electron chi connectivity index (χ1n) is 15.7. The van der Waals surface area contributed by atoms with Crippen molar-refractivity contribution < 1.29 is 19.5 Å². The molecule has 6 heteroatoms. The summed E-state index contributed by atoms with van der Waals surface area (Å²) in [7, 11) is 0. The smallest absolute Gasteiger partial charge is 0.192 e. The quantitative estimate of drug-likeness (QED) is 0.254. The molecule has 0 radical (unpaired) electrons. The minimum atomic E-state index is -1.07. The number of nitrogens with zero attached hydrogens (tertiary/aromatic N) is 2. The van der Waals surface area contributed by atoms with Crippen LogP contribution in [0.5, 0.6) is 5.75 Å². The van der Waals surface area contributed by atoms with Crippen molar-refractivity contribution in [1.82, 2.24) is 4.90 Å². The molecule has 1 N–H and O–H groups in total. The highest BCUT2D eigenvalue weighted by Gasteiger charge is 2.54. The number of aromatic hydroxyl groups is 1. The molecule has 42 heavy (non-hydrogen) atoms. The van der Waals surface area contributed by atoms with Gasteiger partial charge in [-0.25, -0.2) is 0 Å². The number of hydrogen-bond donors (Lipinski definition) is 1. The number of hydrogen-bond acceptors (Lipinski definition) is 6. The predicted octanol–water partition coefficient (Wildman–Crippen LogP) is 6.02. The minimum absolute atomic E-state index is 0.0178. The van der Waals surface area contributed by atoms with Gasteiger partial charge in [-0.3, -0.25) is 14.4 Å². The maximum atomic E-state index is 14.2. The van der Waals surface area contributed by atoms with E-state index < -0.39 is 5.92 Å². The van der Waals surface area contributed by atoms with E-state index in [1.807, 2.05) is 12.1 Å². The third kappa shape index (κ3) is 3.47. The van der Waals surface area contributed by atoms with Crippen molar-refractivity contribution in [2.75, 3.05) is 31.1 Å².